The van der Waals surface area contributed by atoms with Crippen LogP contribution in [0.4, 0.5) is 16.0 Å². The van der Waals surface area contributed by atoms with Crippen LogP contribution in [0.15, 0.2) is 30.5 Å². The lowest BCUT2D eigenvalue weighted by Crippen LogP contribution is -2.18. The second-order valence-electron chi connectivity index (χ2n) is 8.26. The molecule has 0 atom stereocenters. The third-order valence-electron chi connectivity index (χ3n) is 4.64. The lowest BCUT2D eigenvalue weighted by atomic mass is 9.98. The average Bonchev–Trinajstić information content (AvgIpc) is 3.42. The van der Waals surface area contributed by atoms with E-state index >= 15 is 4.39 Å². The molecule has 0 unspecified atom stereocenters. The molecule has 0 saturated heterocycles. The Hall–Kier alpha value is -2.59. The van der Waals surface area contributed by atoms with Gasteiger partial charge in [0.25, 0.3) is 0 Å². The Labute approximate surface area is 178 Å². The number of nitrogens with two attached hydrogens (primary N) is 1. The molecular formula is C20H22FN5O2S2. The van der Waals surface area contributed by atoms with Crippen molar-refractivity contribution in [3.8, 4) is 21.8 Å². The average molecular weight is 448 g/mol. The molecule has 30 heavy (non-hydrogen) atoms. The van der Waals surface area contributed by atoms with Crippen LogP contribution in [0.5, 0.6) is 0 Å². The molecule has 4 rings (SSSR count). The van der Waals surface area contributed by atoms with Gasteiger partial charge in [-0.2, -0.15) is 0 Å². The number of anilines is 2. The second-order valence-corrected chi connectivity index (χ2v) is 11.2. The van der Waals surface area contributed by atoms with Gasteiger partial charge in [-0.05, 0) is 31.0 Å². The molecule has 2 heterocycles. The molecule has 2 aromatic heterocycles. The minimum Gasteiger partial charge on any atom is -0.368 e. The number of thiazole rings is 1. The highest BCUT2D eigenvalue weighted by Gasteiger charge is 2.36. The first kappa shape index (κ1) is 20.7. The lowest BCUT2D eigenvalue weighted by Gasteiger charge is -2.13. The summed E-state index contributed by atoms with van der Waals surface area (Å²) >= 11 is 1.40. The molecule has 0 bridgehead atoms. The zero-order chi connectivity index (χ0) is 21.7. The number of hydrogen-bond donors (Lipinski definition) is 2. The smallest absolute Gasteiger partial charge is 0.235 e. The van der Waals surface area contributed by atoms with Crippen molar-refractivity contribution >= 4 is 33.0 Å². The summed E-state index contributed by atoms with van der Waals surface area (Å²) in [5.74, 6) is -0.564. The van der Waals surface area contributed by atoms with Crippen LogP contribution in [-0.2, 0) is 15.4 Å². The van der Waals surface area contributed by atoms with Crippen molar-refractivity contribution in [3.63, 3.8) is 0 Å². The van der Waals surface area contributed by atoms with Gasteiger partial charge in [0, 0.05) is 17.2 Å². The number of benzene rings is 1. The minimum absolute atomic E-state index is 0.0853. The lowest BCUT2D eigenvalue weighted by molar-refractivity contribution is 0.585. The maximum atomic E-state index is 15.4. The zero-order valence-electron chi connectivity index (χ0n) is 16.8. The molecule has 1 aromatic carbocycles. The SMILES string of the molecule is CC(C)(C)c1nc(-c2cccc(NS(=O)(=O)C3CC3)c2F)c(-c2ccnc(N)n2)s1. The van der Waals surface area contributed by atoms with Gasteiger partial charge >= 0.3 is 0 Å². The molecule has 0 spiro atoms. The number of aromatic nitrogens is 3. The molecule has 3 N–H and O–H groups in total. The van der Waals surface area contributed by atoms with Crippen LogP contribution < -0.4 is 10.5 Å². The fourth-order valence-electron chi connectivity index (χ4n) is 2.91. The van der Waals surface area contributed by atoms with E-state index in [2.05, 4.69) is 14.7 Å². The number of sulfonamides is 1. The normalized spacial score (nSPS) is 14.7. The van der Waals surface area contributed by atoms with Crippen LogP contribution in [0.3, 0.4) is 0 Å². The third kappa shape index (κ3) is 4.01. The van der Waals surface area contributed by atoms with E-state index in [9.17, 15) is 8.42 Å². The Bertz CT molecular complexity index is 1210. The number of nitrogens with one attached hydrogen (secondary N) is 1. The summed E-state index contributed by atoms with van der Waals surface area (Å²) in [6, 6.07) is 6.30. The van der Waals surface area contributed by atoms with Crippen LogP contribution in [0, 0.1) is 5.82 Å². The second kappa shape index (κ2) is 7.28. The third-order valence-corrected chi connectivity index (χ3v) is 8.00. The van der Waals surface area contributed by atoms with Crippen LogP contribution in [0.25, 0.3) is 21.8 Å². The molecule has 1 fully saturated rings. The van der Waals surface area contributed by atoms with Gasteiger partial charge in [0.1, 0.15) is 0 Å². The summed E-state index contributed by atoms with van der Waals surface area (Å²) in [6.45, 7) is 6.05. The molecule has 0 amide bonds. The molecule has 0 aliphatic heterocycles. The van der Waals surface area contributed by atoms with Crippen LogP contribution >= 0.6 is 11.3 Å². The Morgan fingerprint density at radius 1 is 1.20 bits per heavy atom. The van der Waals surface area contributed by atoms with Crippen LogP contribution in [0.1, 0.15) is 38.6 Å². The van der Waals surface area contributed by atoms with Crippen molar-refractivity contribution in [3.05, 3.63) is 41.3 Å². The molecule has 158 valence electrons. The monoisotopic (exact) mass is 447 g/mol. The first-order chi connectivity index (χ1) is 14.1. The maximum Gasteiger partial charge on any atom is 0.235 e. The number of nitrogen functional groups attached to an aromatic ring is 1. The van der Waals surface area contributed by atoms with E-state index in [0.717, 1.165) is 5.01 Å². The fraction of sp³-hybridized carbons (Fsp3) is 0.350. The molecule has 7 nitrogen and oxygen atoms in total. The summed E-state index contributed by atoms with van der Waals surface area (Å²) in [4.78, 5) is 13.5. The Morgan fingerprint density at radius 2 is 1.93 bits per heavy atom. The van der Waals surface area contributed by atoms with Crippen molar-refractivity contribution in [1.82, 2.24) is 15.0 Å². The first-order valence-electron chi connectivity index (χ1n) is 9.47. The quantitative estimate of drug-likeness (QED) is 0.607. The highest BCUT2D eigenvalue weighted by atomic mass is 32.2. The number of rotatable bonds is 5. The van der Waals surface area contributed by atoms with E-state index in [1.165, 1.54) is 23.6 Å². The standard InChI is InChI=1S/C20H22FN5O2S2/c1-20(2,3)18-25-16(17(29-18)14-9-10-23-19(22)24-14)12-5-4-6-13(15(12)21)26-30(27,28)11-7-8-11/h4-6,9-11,26H,7-8H2,1-3H3,(H2,22,23,24). The highest BCUT2D eigenvalue weighted by molar-refractivity contribution is 7.93. The molecule has 3 aromatic rings. The van der Waals surface area contributed by atoms with Crippen molar-refractivity contribution in [1.29, 1.82) is 0 Å². The van der Waals surface area contributed by atoms with E-state index in [1.807, 2.05) is 20.8 Å². The largest absolute Gasteiger partial charge is 0.368 e. The predicted octanol–water partition coefficient (Wildman–Crippen LogP) is 4.19. The molecule has 1 saturated carbocycles. The van der Waals surface area contributed by atoms with Crippen LogP contribution in [-0.4, -0.2) is 28.6 Å². The van der Waals surface area contributed by atoms with Gasteiger partial charge in [-0.1, -0.05) is 26.8 Å². The Balaban J connectivity index is 1.86. The molecule has 0 radical (unpaired) electrons. The first-order valence-corrected chi connectivity index (χ1v) is 11.8. The summed E-state index contributed by atoms with van der Waals surface area (Å²) in [7, 11) is -3.59. The summed E-state index contributed by atoms with van der Waals surface area (Å²) in [5, 5.41) is 0.347. The minimum atomic E-state index is -3.59. The molecule has 1 aliphatic carbocycles. The topological polar surface area (TPSA) is 111 Å². The van der Waals surface area contributed by atoms with Gasteiger partial charge in [-0.25, -0.2) is 27.8 Å². The summed E-state index contributed by atoms with van der Waals surface area (Å²) in [5.41, 5.74) is 6.53. The predicted molar refractivity (Wildman–Crippen MR) is 117 cm³/mol. The summed E-state index contributed by atoms with van der Waals surface area (Å²) in [6.07, 6.45) is 2.72. The number of hydrogen-bond acceptors (Lipinski definition) is 7. The summed E-state index contributed by atoms with van der Waals surface area (Å²) < 4.78 is 42.4. The van der Waals surface area contributed by atoms with E-state index in [1.54, 1.807) is 18.2 Å². The van der Waals surface area contributed by atoms with Crippen molar-refractivity contribution < 1.29 is 12.8 Å². The van der Waals surface area contributed by atoms with Gasteiger partial charge in [0.15, 0.2) is 5.82 Å². The van der Waals surface area contributed by atoms with Gasteiger partial charge in [0.05, 0.1) is 32.2 Å². The van der Waals surface area contributed by atoms with E-state index < -0.39 is 21.1 Å². The molecule has 10 heteroatoms. The van der Waals surface area contributed by atoms with Gasteiger partial charge in [-0.15, -0.1) is 11.3 Å². The number of nitrogens with zero attached hydrogens (tertiary/aromatic N) is 3. The van der Waals surface area contributed by atoms with Crippen molar-refractivity contribution in [2.24, 2.45) is 0 Å². The van der Waals surface area contributed by atoms with Gasteiger partial charge in [-0.3, -0.25) is 4.72 Å². The van der Waals surface area contributed by atoms with Crippen LogP contribution in [0.2, 0.25) is 0 Å². The maximum absolute atomic E-state index is 15.4. The van der Waals surface area contributed by atoms with E-state index in [4.69, 9.17) is 10.7 Å². The van der Waals surface area contributed by atoms with Gasteiger partial charge in [0.2, 0.25) is 16.0 Å². The zero-order valence-corrected chi connectivity index (χ0v) is 18.4. The molecule has 1 aliphatic rings. The van der Waals surface area contributed by atoms with E-state index in [0.29, 0.717) is 29.1 Å². The van der Waals surface area contributed by atoms with Gasteiger partial charge < -0.3 is 5.73 Å². The van der Waals surface area contributed by atoms with E-state index in [-0.39, 0.29) is 22.6 Å². The van der Waals surface area contributed by atoms with Crippen molar-refractivity contribution in [2.45, 2.75) is 44.3 Å². The Kier molecular flexibility index (Phi) is 5.01. The fourth-order valence-corrected chi connectivity index (χ4v) is 5.40. The highest BCUT2D eigenvalue weighted by Crippen LogP contribution is 2.42. The molecular weight excluding hydrogens is 425 g/mol. The number of halogens is 1. The van der Waals surface area contributed by atoms with Crippen molar-refractivity contribution in [2.75, 3.05) is 10.5 Å². The Morgan fingerprint density at radius 3 is 2.57 bits per heavy atom.